The Balaban J connectivity index is 1.68. The minimum atomic E-state index is -0.335. The number of amides is 1. The molecule has 1 atom stereocenters. The van der Waals surface area contributed by atoms with Crippen LogP contribution in [0.3, 0.4) is 0 Å². The molecule has 1 saturated heterocycles. The number of hydrogen-bond donors (Lipinski definition) is 3. The number of H-pyrrole nitrogens is 1. The van der Waals surface area contributed by atoms with Gasteiger partial charge in [0.05, 0.1) is 17.8 Å². The van der Waals surface area contributed by atoms with E-state index in [2.05, 4.69) is 31.0 Å². The molecule has 2 aromatic rings. The van der Waals surface area contributed by atoms with E-state index in [4.69, 9.17) is 4.42 Å². The maximum atomic E-state index is 11.7. The minimum Gasteiger partial charge on any atom is -0.406 e. The number of aromatic amines is 1. The van der Waals surface area contributed by atoms with E-state index in [1.807, 2.05) is 0 Å². The quantitative estimate of drug-likeness (QED) is 0.728. The third-order valence-corrected chi connectivity index (χ3v) is 2.78. The fourth-order valence-corrected chi connectivity index (χ4v) is 1.87. The van der Waals surface area contributed by atoms with Crippen molar-refractivity contribution in [3.05, 3.63) is 23.8 Å². The average molecular weight is 248 g/mol. The van der Waals surface area contributed by atoms with Crippen LogP contribution in [-0.4, -0.2) is 32.8 Å². The SMILES string of the molecule is O=C(Nc1nnc(C2CCCN2)o1)c1cn[nH]c1. The fraction of sp³-hybridized carbons (Fsp3) is 0.400. The average Bonchev–Trinajstić information content (AvgIpc) is 3.12. The van der Waals surface area contributed by atoms with E-state index in [1.54, 1.807) is 0 Å². The van der Waals surface area contributed by atoms with E-state index in [9.17, 15) is 4.79 Å². The minimum absolute atomic E-state index is 0.0945. The summed E-state index contributed by atoms with van der Waals surface area (Å²) in [6, 6.07) is 0.196. The van der Waals surface area contributed by atoms with Crippen LogP contribution < -0.4 is 10.6 Å². The summed E-state index contributed by atoms with van der Waals surface area (Å²) in [5, 5.41) is 19.7. The van der Waals surface area contributed by atoms with Crippen LogP contribution in [0.4, 0.5) is 6.01 Å². The van der Waals surface area contributed by atoms with Crippen molar-refractivity contribution in [3.8, 4) is 0 Å². The fourth-order valence-electron chi connectivity index (χ4n) is 1.87. The molecule has 3 heterocycles. The molecular weight excluding hydrogens is 236 g/mol. The lowest BCUT2D eigenvalue weighted by Crippen LogP contribution is -2.13. The van der Waals surface area contributed by atoms with E-state index in [0.29, 0.717) is 11.5 Å². The molecule has 3 N–H and O–H groups in total. The molecule has 1 fully saturated rings. The number of carbonyl (C=O) groups excluding carboxylic acids is 1. The molecule has 0 saturated carbocycles. The van der Waals surface area contributed by atoms with Crippen molar-refractivity contribution in [1.29, 1.82) is 0 Å². The van der Waals surface area contributed by atoms with Gasteiger partial charge in [-0.2, -0.15) is 5.10 Å². The van der Waals surface area contributed by atoms with Crippen LogP contribution in [0.1, 0.15) is 35.1 Å². The van der Waals surface area contributed by atoms with Crippen LogP contribution in [0.25, 0.3) is 0 Å². The molecule has 8 heteroatoms. The Labute approximate surface area is 102 Å². The van der Waals surface area contributed by atoms with E-state index >= 15 is 0 Å². The number of hydrogen-bond acceptors (Lipinski definition) is 6. The largest absolute Gasteiger partial charge is 0.406 e. The monoisotopic (exact) mass is 248 g/mol. The summed E-state index contributed by atoms with van der Waals surface area (Å²) in [7, 11) is 0. The van der Waals surface area contributed by atoms with Crippen molar-refractivity contribution < 1.29 is 9.21 Å². The smallest absolute Gasteiger partial charge is 0.322 e. The zero-order chi connectivity index (χ0) is 12.4. The molecule has 2 aromatic heterocycles. The molecule has 0 bridgehead atoms. The van der Waals surface area contributed by atoms with Gasteiger partial charge in [-0.05, 0) is 19.4 Å². The number of carbonyl (C=O) groups is 1. The normalized spacial score (nSPS) is 19.0. The predicted molar refractivity (Wildman–Crippen MR) is 60.8 cm³/mol. The van der Waals surface area contributed by atoms with Crippen LogP contribution in [0.15, 0.2) is 16.8 Å². The van der Waals surface area contributed by atoms with Crippen molar-refractivity contribution >= 4 is 11.9 Å². The summed E-state index contributed by atoms with van der Waals surface area (Å²) in [4.78, 5) is 11.7. The second-order valence-electron chi connectivity index (χ2n) is 4.04. The summed E-state index contributed by atoms with van der Waals surface area (Å²) in [6.07, 6.45) is 4.97. The summed E-state index contributed by atoms with van der Waals surface area (Å²) >= 11 is 0. The van der Waals surface area contributed by atoms with E-state index < -0.39 is 0 Å². The summed E-state index contributed by atoms with van der Waals surface area (Å²) in [6.45, 7) is 0.948. The van der Waals surface area contributed by atoms with Crippen molar-refractivity contribution in [1.82, 2.24) is 25.7 Å². The lowest BCUT2D eigenvalue weighted by atomic mass is 10.2. The highest BCUT2D eigenvalue weighted by Gasteiger charge is 2.22. The molecule has 0 aliphatic carbocycles. The van der Waals surface area contributed by atoms with Crippen LogP contribution in [0.2, 0.25) is 0 Å². The zero-order valence-electron chi connectivity index (χ0n) is 9.51. The van der Waals surface area contributed by atoms with Gasteiger partial charge in [0.25, 0.3) is 5.91 Å². The van der Waals surface area contributed by atoms with Crippen molar-refractivity contribution in [2.45, 2.75) is 18.9 Å². The molecule has 1 aliphatic rings. The second-order valence-corrected chi connectivity index (χ2v) is 4.04. The second kappa shape index (κ2) is 4.57. The third kappa shape index (κ3) is 2.09. The molecule has 1 unspecified atom stereocenters. The Kier molecular flexibility index (Phi) is 2.77. The lowest BCUT2D eigenvalue weighted by molar-refractivity contribution is 0.102. The third-order valence-electron chi connectivity index (χ3n) is 2.78. The Bertz CT molecular complexity index is 528. The topological polar surface area (TPSA) is 109 Å². The number of nitrogens with one attached hydrogen (secondary N) is 3. The number of nitrogens with zero attached hydrogens (tertiary/aromatic N) is 3. The number of rotatable bonds is 3. The number of aromatic nitrogens is 4. The molecule has 94 valence electrons. The highest BCUT2D eigenvalue weighted by atomic mass is 16.4. The van der Waals surface area contributed by atoms with Crippen molar-refractivity contribution in [2.24, 2.45) is 0 Å². The van der Waals surface area contributed by atoms with Gasteiger partial charge in [0.2, 0.25) is 5.89 Å². The Morgan fingerprint density at radius 2 is 2.44 bits per heavy atom. The van der Waals surface area contributed by atoms with Crippen molar-refractivity contribution in [3.63, 3.8) is 0 Å². The van der Waals surface area contributed by atoms with Gasteiger partial charge in [-0.15, -0.1) is 5.10 Å². The molecule has 1 aliphatic heterocycles. The predicted octanol–water partition coefficient (Wildman–Crippen LogP) is 0.469. The van der Waals surface area contributed by atoms with Gasteiger partial charge >= 0.3 is 6.01 Å². The highest BCUT2D eigenvalue weighted by molar-refractivity contribution is 6.02. The molecule has 0 aromatic carbocycles. The standard InChI is InChI=1S/C10H12N6O2/c17-8(6-4-12-13-5-6)14-10-16-15-9(18-10)7-2-1-3-11-7/h4-5,7,11H,1-3H2,(H,12,13)(H,14,16,17). The Hall–Kier alpha value is -2.22. The first-order valence-corrected chi connectivity index (χ1v) is 5.70. The molecular formula is C10H12N6O2. The highest BCUT2D eigenvalue weighted by Crippen LogP contribution is 2.22. The Morgan fingerprint density at radius 1 is 1.50 bits per heavy atom. The lowest BCUT2D eigenvalue weighted by Gasteiger charge is -2.02. The van der Waals surface area contributed by atoms with Crippen molar-refractivity contribution in [2.75, 3.05) is 11.9 Å². The van der Waals surface area contributed by atoms with Gasteiger partial charge in [0.15, 0.2) is 0 Å². The van der Waals surface area contributed by atoms with Crippen LogP contribution >= 0.6 is 0 Å². The van der Waals surface area contributed by atoms with Gasteiger partial charge in [0, 0.05) is 6.20 Å². The van der Waals surface area contributed by atoms with Gasteiger partial charge in [-0.3, -0.25) is 15.2 Å². The summed E-state index contributed by atoms with van der Waals surface area (Å²) in [5.74, 6) is 0.174. The summed E-state index contributed by atoms with van der Waals surface area (Å²) in [5.41, 5.74) is 0.411. The van der Waals surface area contributed by atoms with E-state index in [0.717, 1.165) is 19.4 Å². The van der Waals surface area contributed by atoms with Gasteiger partial charge in [-0.1, -0.05) is 5.10 Å². The van der Waals surface area contributed by atoms with E-state index in [1.165, 1.54) is 12.4 Å². The van der Waals surface area contributed by atoms with E-state index in [-0.39, 0.29) is 18.0 Å². The Morgan fingerprint density at radius 3 is 3.17 bits per heavy atom. The molecule has 0 radical (unpaired) electrons. The molecule has 3 rings (SSSR count). The molecule has 8 nitrogen and oxygen atoms in total. The summed E-state index contributed by atoms with van der Waals surface area (Å²) < 4.78 is 5.39. The molecule has 0 spiro atoms. The zero-order valence-corrected chi connectivity index (χ0v) is 9.51. The van der Waals surface area contributed by atoms with Gasteiger partial charge in [-0.25, -0.2) is 0 Å². The maximum Gasteiger partial charge on any atom is 0.322 e. The van der Waals surface area contributed by atoms with Crippen LogP contribution in [0, 0.1) is 0 Å². The van der Waals surface area contributed by atoms with Gasteiger partial charge < -0.3 is 9.73 Å². The first kappa shape index (κ1) is 10.9. The van der Waals surface area contributed by atoms with Gasteiger partial charge in [0.1, 0.15) is 0 Å². The van der Waals surface area contributed by atoms with Crippen LogP contribution in [-0.2, 0) is 0 Å². The number of anilines is 1. The first-order chi connectivity index (χ1) is 8.83. The maximum absolute atomic E-state index is 11.7. The first-order valence-electron chi connectivity index (χ1n) is 5.70. The molecule has 1 amide bonds. The molecule has 18 heavy (non-hydrogen) atoms. The van der Waals surface area contributed by atoms with Crippen LogP contribution in [0.5, 0.6) is 0 Å².